The van der Waals surface area contributed by atoms with Crippen LogP contribution >= 0.6 is 0 Å². The summed E-state index contributed by atoms with van der Waals surface area (Å²) in [4.78, 5) is 26.6. The van der Waals surface area contributed by atoms with E-state index in [9.17, 15) is 47.6 Å². The monoisotopic (exact) mass is 692 g/mol. The number of ether oxygens (including phenoxy) is 4. The maximum absolute atomic E-state index is 14.6. The van der Waals surface area contributed by atoms with Gasteiger partial charge in [0.25, 0.3) is 0 Å². The lowest BCUT2D eigenvalue weighted by Crippen LogP contribution is -2.60. The van der Waals surface area contributed by atoms with Gasteiger partial charge in [-0.25, -0.2) is 9.59 Å². The molecule has 0 aromatic rings. The lowest BCUT2D eigenvalue weighted by atomic mass is 9.74. The molecule has 17 heteroatoms. The third-order valence-corrected chi connectivity index (χ3v) is 9.54. The average molecular weight is 693 g/mol. The first-order valence-corrected chi connectivity index (χ1v) is 15.8. The van der Waals surface area contributed by atoms with Crippen LogP contribution in [-0.2, 0) is 18.9 Å². The summed E-state index contributed by atoms with van der Waals surface area (Å²) in [5.74, 6) is -7.61. The first kappa shape index (κ1) is 41.2. The Morgan fingerprint density at radius 3 is 1.17 bits per heavy atom. The highest BCUT2D eigenvalue weighted by molar-refractivity contribution is 5.68. The molecule has 47 heavy (non-hydrogen) atoms. The van der Waals surface area contributed by atoms with E-state index < -0.39 is 95.9 Å². The van der Waals surface area contributed by atoms with Gasteiger partial charge in [0.15, 0.2) is 12.2 Å². The Morgan fingerprint density at radius 1 is 0.638 bits per heavy atom. The average Bonchev–Trinajstić information content (AvgIpc) is 3.90. The predicted molar refractivity (Wildman–Crippen MR) is 158 cm³/mol. The minimum atomic E-state index is -3.81. The Bertz CT molecular complexity index is 994. The Balaban J connectivity index is 0.000000320. The number of rotatable bonds is 6. The smallest absolute Gasteiger partial charge is 0.410 e. The molecular weight excluding hydrogens is 640 g/mol. The summed E-state index contributed by atoms with van der Waals surface area (Å²) < 4.78 is 78.6. The lowest BCUT2D eigenvalue weighted by Gasteiger charge is -2.41. The number of carbonyl (C=O) groups excluding carboxylic acids is 2. The molecule has 2 saturated heterocycles. The number of carbonyl (C=O) groups is 2. The fourth-order valence-corrected chi connectivity index (χ4v) is 6.11. The Morgan fingerprint density at radius 2 is 0.915 bits per heavy atom. The fraction of sp³-hybridized carbons (Fsp3) is 0.933. The first-order chi connectivity index (χ1) is 21.1. The van der Waals surface area contributed by atoms with Gasteiger partial charge in [-0.15, -0.1) is 0 Å². The van der Waals surface area contributed by atoms with Crippen molar-refractivity contribution in [2.24, 2.45) is 10.8 Å². The van der Waals surface area contributed by atoms with Gasteiger partial charge < -0.3 is 54.6 Å². The summed E-state index contributed by atoms with van der Waals surface area (Å²) in [6.07, 6.45) is -16.1. The van der Waals surface area contributed by atoms with Gasteiger partial charge in [-0.1, -0.05) is 27.7 Å². The van der Waals surface area contributed by atoms with Gasteiger partial charge in [0.1, 0.15) is 36.6 Å². The van der Waals surface area contributed by atoms with Gasteiger partial charge in [0.05, 0.1) is 12.2 Å². The first-order valence-electron chi connectivity index (χ1n) is 15.8. The number of nitrogens with zero attached hydrogens (tertiary/aromatic N) is 2. The molecule has 4 aliphatic rings. The third kappa shape index (κ3) is 8.41. The van der Waals surface area contributed by atoms with Gasteiger partial charge >= 0.3 is 24.0 Å². The number of aliphatic hydroxyl groups excluding tert-OH is 4. The van der Waals surface area contributed by atoms with Crippen molar-refractivity contribution >= 4 is 12.2 Å². The third-order valence-electron chi connectivity index (χ3n) is 9.54. The zero-order valence-corrected chi connectivity index (χ0v) is 28.2. The summed E-state index contributed by atoms with van der Waals surface area (Å²) >= 11 is 0. The van der Waals surface area contributed by atoms with Gasteiger partial charge in [0.2, 0.25) is 0 Å². The Kier molecular flexibility index (Phi) is 13.0. The minimum Gasteiger partial charge on any atom is -0.437 e. The topological polar surface area (TPSA) is 197 Å². The van der Waals surface area contributed by atoms with Gasteiger partial charge in [-0.2, -0.15) is 17.6 Å². The van der Waals surface area contributed by atoms with Crippen LogP contribution in [0.15, 0.2) is 0 Å². The number of halogens is 4. The molecule has 0 aromatic carbocycles. The molecule has 2 saturated carbocycles. The number of amides is 2. The van der Waals surface area contributed by atoms with E-state index in [2.05, 4.69) is 0 Å². The molecule has 2 amide bonds. The van der Waals surface area contributed by atoms with Gasteiger partial charge in [0, 0.05) is 26.2 Å². The van der Waals surface area contributed by atoms with Crippen molar-refractivity contribution in [1.29, 1.82) is 0 Å². The number of epoxide rings is 2. The molecule has 2 heterocycles. The summed E-state index contributed by atoms with van der Waals surface area (Å²) in [6.45, 7) is 14.4. The fourth-order valence-electron chi connectivity index (χ4n) is 6.11. The second kappa shape index (κ2) is 14.8. The normalized spacial score (nSPS) is 37.2. The maximum Gasteiger partial charge on any atom is 0.410 e. The van der Waals surface area contributed by atoms with Crippen LogP contribution in [-0.4, -0.2) is 147 Å². The van der Waals surface area contributed by atoms with Crippen LogP contribution in [0.25, 0.3) is 0 Å². The molecule has 4 fully saturated rings. The lowest BCUT2D eigenvalue weighted by molar-refractivity contribution is -0.226. The zero-order chi connectivity index (χ0) is 35.2. The maximum atomic E-state index is 14.6. The van der Waals surface area contributed by atoms with Crippen LogP contribution in [0.2, 0.25) is 0 Å². The summed E-state index contributed by atoms with van der Waals surface area (Å²) in [5.41, 5.74) is -1.89. The standard InChI is InChI=1S/2C15H25F2NO5.H2O/c2*1-5-18(6-2)13(21)23-12-11(20)14(3,4)7-8-9(22-8)10(19)15(12,16)17;/h2*8-12,19-20H,5-7H2,1-4H3;1H2/t2*8-,9-,10+,11-,12-;/m10./s1. The van der Waals surface area contributed by atoms with E-state index in [0.717, 1.165) is 0 Å². The van der Waals surface area contributed by atoms with E-state index in [1.165, 1.54) is 9.80 Å². The van der Waals surface area contributed by atoms with Gasteiger partial charge in [-0.3, -0.25) is 0 Å². The van der Waals surface area contributed by atoms with E-state index in [1.54, 1.807) is 55.4 Å². The van der Waals surface area contributed by atoms with Crippen LogP contribution in [0.3, 0.4) is 0 Å². The van der Waals surface area contributed by atoms with Crippen LogP contribution < -0.4 is 0 Å². The molecule has 0 bridgehead atoms. The van der Waals surface area contributed by atoms with Crippen molar-refractivity contribution in [3.05, 3.63) is 0 Å². The molecule has 276 valence electrons. The van der Waals surface area contributed by atoms with Crippen molar-refractivity contribution in [3.8, 4) is 0 Å². The second-order valence-electron chi connectivity index (χ2n) is 13.7. The highest BCUT2D eigenvalue weighted by Gasteiger charge is 2.67. The van der Waals surface area contributed by atoms with E-state index >= 15 is 0 Å². The number of aliphatic hydroxyl groups is 4. The zero-order valence-electron chi connectivity index (χ0n) is 28.2. The molecule has 0 spiro atoms. The van der Waals surface area contributed by atoms with E-state index in [0.29, 0.717) is 39.0 Å². The second-order valence-corrected chi connectivity index (χ2v) is 13.7. The number of hydrogen-bond acceptors (Lipinski definition) is 10. The van der Waals surface area contributed by atoms with E-state index in [-0.39, 0.29) is 5.48 Å². The van der Waals surface area contributed by atoms with Crippen molar-refractivity contribution in [2.45, 2.75) is 141 Å². The molecule has 6 N–H and O–H groups in total. The summed E-state index contributed by atoms with van der Waals surface area (Å²) in [7, 11) is 0. The van der Waals surface area contributed by atoms with Crippen LogP contribution in [0, 0.1) is 10.8 Å². The number of hydrogen-bond donors (Lipinski definition) is 4. The molecule has 0 radical (unpaired) electrons. The Labute approximate surface area is 272 Å². The molecule has 10 atom stereocenters. The SMILES string of the molecule is CCN(CC)C(=O)O[C@@H]1[C@@H](O)C(C)(C)C[C@H]2O[C@H]2[C@H](O)C1(F)F.CCN(CC)C(=O)O[C@H]1[C@H](O)C(C)(C)C[C@@H]2O[C@@H]2[C@@H](O)C1(F)F.O. The van der Waals surface area contributed by atoms with Crippen LogP contribution in [0.4, 0.5) is 27.2 Å². The van der Waals surface area contributed by atoms with Crippen molar-refractivity contribution < 1.29 is 72.0 Å². The minimum absolute atomic E-state index is 0. The van der Waals surface area contributed by atoms with Crippen molar-refractivity contribution in [1.82, 2.24) is 9.80 Å². The Hall–Kier alpha value is -2.02. The summed E-state index contributed by atoms with van der Waals surface area (Å²) in [5, 5.41) is 40.6. The van der Waals surface area contributed by atoms with Crippen molar-refractivity contribution in [2.75, 3.05) is 26.2 Å². The van der Waals surface area contributed by atoms with E-state index in [1.807, 2.05) is 0 Å². The summed E-state index contributed by atoms with van der Waals surface area (Å²) in [6, 6.07) is 0. The predicted octanol–water partition coefficient (Wildman–Crippen LogP) is 1.95. The van der Waals surface area contributed by atoms with Crippen LogP contribution in [0.5, 0.6) is 0 Å². The number of alkyl halides is 4. The molecule has 13 nitrogen and oxygen atoms in total. The molecule has 2 aliphatic heterocycles. The van der Waals surface area contributed by atoms with E-state index in [4.69, 9.17) is 18.9 Å². The molecule has 4 rings (SSSR count). The molecule has 2 aliphatic carbocycles. The van der Waals surface area contributed by atoms with Gasteiger partial charge in [-0.05, 0) is 51.4 Å². The highest BCUT2D eigenvalue weighted by Crippen LogP contribution is 2.49. The number of fused-ring (bicyclic) bond motifs is 2. The largest absolute Gasteiger partial charge is 0.437 e. The molecule has 0 unspecified atom stereocenters. The quantitative estimate of drug-likeness (QED) is 0.236. The van der Waals surface area contributed by atoms with Crippen molar-refractivity contribution in [3.63, 3.8) is 0 Å². The highest BCUT2D eigenvalue weighted by atomic mass is 19.3. The molecular formula is C30H52F4N2O11. The van der Waals surface area contributed by atoms with Crippen LogP contribution in [0.1, 0.15) is 68.2 Å². The molecule has 0 aromatic heterocycles.